The minimum Gasteiger partial charge on any atom is -0.362 e. The normalized spacial score (nSPS) is 28.1. The number of likely N-dealkylation sites (tertiary alicyclic amines) is 1. The topological polar surface area (TPSA) is 18.8 Å². The second-order valence-electron chi connectivity index (χ2n) is 8.55. The molecule has 1 saturated heterocycles. The summed E-state index contributed by atoms with van der Waals surface area (Å²) in [6.07, 6.45) is 12.2. The minimum absolute atomic E-state index is 0.349. The van der Waals surface area contributed by atoms with Crippen molar-refractivity contribution in [1.82, 2.24) is 4.90 Å². The van der Waals surface area contributed by atoms with Crippen LogP contribution in [0.15, 0.2) is 29.3 Å². The molecule has 1 aromatic rings. The van der Waals surface area contributed by atoms with Crippen molar-refractivity contribution in [3.8, 4) is 0 Å². The van der Waals surface area contributed by atoms with Crippen molar-refractivity contribution in [3.05, 3.63) is 24.3 Å². The molecule has 2 aliphatic carbocycles. The molecule has 134 valence electrons. The summed E-state index contributed by atoms with van der Waals surface area (Å²) in [4.78, 5) is 10.7. The van der Waals surface area contributed by atoms with Crippen LogP contribution in [0.4, 0.5) is 11.4 Å². The number of fused-ring (bicyclic) bond motifs is 3. The first-order chi connectivity index (χ1) is 12.4. The molecular formula is C22H31N3. The molecule has 0 aromatic heterocycles. The highest BCUT2D eigenvalue weighted by Gasteiger charge is 2.50. The Bertz CT molecular complexity index is 653. The highest BCUT2D eigenvalue weighted by atomic mass is 15.3. The zero-order chi connectivity index (χ0) is 16.7. The van der Waals surface area contributed by atoms with Crippen LogP contribution in [0.3, 0.4) is 0 Å². The summed E-state index contributed by atoms with van der Waals surface area (Å²) < 4.78 is 0. The minimum atomic E-state index is 0.349. The summed E-state index contributed by atoms with van der Waals surface area (Å²) in [5, 5.41) is 0. The van der Waals surface area contributed by atoms with E-state index < -0.39 is 0 Å². The van der Waals surface area contributed by atoms with E-state index in [0.717, 1.165) is 0 Å². The molecule has 3 fully saturated rings. The summed E-state index contributed by atoms with van der Waals surface area (Å²) >= 11 is 0. The maximum Gasteiger partial charge on any atom is 0.0862 e. The summed E-state index contributed by atoms with van der Waals surface area (Å²) in [6.45, 7) is 5.00. The van der Waals surface area contributed by atoms with E-state index in [1.54, 1.807) is 0 Å². The monoisotopic (exact) mass is 337 g/mol. The standard InChI is InChI=1S/C22H31N3/c1-2-11-21-20(9-1)23-19-10-7-8-18(19)22(12-3-4-13-22)25(21)17-16-24-14-5-6-15-24/h1-2,9,11,18H,3-8,10,12-17H2. The zero-order valence-corrected chi connectivity index (χ0v) is 15.4. The third-order valence-corrected chi connectivity index (χ3v) is 7.26. The van der Waals surface area contributed by atoms with Gasteiger partial charge in [0.2, 0.25) is 0 Å². The van der Waals surface area contributed by atoms with Crippen molar-refractivity contribution in [2.75, 3.05) is 31.1 Å². The predicted molar refractivity (Wildman–Crippen MR) is 105 cm³/mol. The lowest BCUT2D eigenvalue weighted by molar-refractivity contribution is 0.284. The molecule has 0 amide bonds. The van der Waals surface area contributed by atoms with Crippen molar-refractivity contribution >= 4 is 17.1 Å². The van der Waals surface area contributed by atoms with Gasteiger partial charge in [-0.15, -0.1) is 0 Å². The first-order valence-electron chi connectivity index (χ1n) is 10.5. The van der Waals surface area contributed by atoms with Crippen LogP contribution >= 0.6 is 0 Å². The molecule has 1 spiro atoms. The van der Waals surface area contributed by atoms with Crippen LogP contribution in [-0.4, -0.2) is 42.3 Å². The predicted octanol–water partition coefficient (Wildman–Crippen LogP) is 4.79. The Balaban J connectivity index is 1.55. The van der Waals surface area contributed by atoms with Gasteiger partial charge in [-0.3, -0.25) is 4.99 Å². The SMILES string of the molecule is c1ccc2c(c1)N=C1CCCC1C1(CCCC1)N2CCN1CCCC1. The lowest BCUT2D eigenvalue weighted by Gasteiger charge is -2.47. The van der Waals surface area contributed by atoms with E-state index in [1.165, 1.54) is 101 Å². The lowest BCUT2D eigenvalue weighted by Crippen LogP contribution is -2.55. The molecule has 2 heterocycles. The average molecular weight is 338 g/mol. The molecule has 2 saturated carbocycles. The molecule has 1 unspecified atom stereocenters. The highest BCUT2D eigenvalue weighted by Crippen LogP contribution is 2.52. The van der Waals surface area contributed by atoms with Crippen molar-refractivity contribution in [3.63, 3.8) is 0 Å². The van der Waals surface area contributed by atoms with Crippen LogP contribution in [0.5, 0.6) is 0 Å². The lowest BCUT2D eigenvalue weighted by atomic mass is 9.78. The highest BCUT2D eigenvalue weighted by molar-refractivity contribution is 5.95. The Morgan fingerprint density at radius 2 is 1.76 bits per heavy atom. The number of nitrogens with zero attached hydrogens (tertiary/aromatic N) is 3. The Kier molecular flexibility index (Phi) is 4.08. The first-order valence-corrected chi connectivity index (χ1v) is 10.5. The Morgan fingerprint density at radius 1 is 0.960 bits per heavy atom. The zero-order valence-electron chi connectivity index (χ0n) is 15.4. The maximum absolute atomic E-state index is 5.21. The number of hydrogen-bond acceptors (Lipinski definition) is 3. The Labute approximate surface area is 152 Å². The molecule has 3 heteroatoms. The fraction of sp³-hybridized carbons (Fsp3) is 0.682. The molecule has 1 aromatic carbocycles. The van der Waals surface area contributed by atoms with E-state index >= 15 is 0 Å². The van der Waals surface area contributed by atoms with Gasteiger partial charge in [-0.25, -0.2) is 0 Å². The molecule has 0 bridgehead atoms. The van der Waals surface area contributed by atoms with E-state index in [0.29, 0.717) is 11.5 Å². The van der Waals surface area contributed by atoms with Gasteiger partial charge in [-0.2, -0.15) is 0 Å². The summed E-state index contributed by atoms with van der Waals surface area (Å²) in [6, 6.07) is 8.96. The Morgan fingerprint density at radius 3 is 2.60 bits per heavy atom. The Hall–Kier alpha value is -1.35. The molecule has 2 aliphatic heterocycles. The first kappa shape index (κ1) is 15.9. The summed E-state index contributed by atoms with van der Waals surface area (Å²) in [7, 11) is 0. The average Bonchev–Trinajstić information content (AvgIpc) is 3.36. The third kappa shape index (κ3) is 2.63. The van der Waals surface area contributed by atoms with Gasteiger partial charge < -0.3 is 9.80 Å². The van der Waals surface area contributed by atoms with E-state index in [-0.39, 0.29) is 0 Å². The van der Waals surface area contributed by atoms with Gasteiger partial charge in [0.1, 0.15) is 0 Å². The smallest absolute Gasteiger partial charge is 0.0862 e. The van der Waals surface area contributed by atoms with Crippen LogP contribution in [0.25, 0.3) is 0 Å². The van der Waals surface area contributed by atoms with Crippen molar-refractivity contribution in [2.24, 2.45) is 10.9 Å². The van der Waals surface area contributed by atoms with Crippen LogP contribution in [0.2, 0.25) is 0 Å². The largest absolute Gasteiger partial charge is 0.362 e. The number of anilines is 1. The van der Waals surface area contributed by atoms with Crippen molar-refractivity contribution in [1.29, 1.82) is 0 Å². The molecule has 4 aliphatic rings. The number of para-hydroxylation sites is 2. The second-order valence-corrected chi connectivity index (χ2v) is 8.55. The number of benzene rings is 1. The van der Waals surface area contributed by atoms with Crippen molar-refractivity contribution < 1.29 is 0 Å². The van der Waals surface area contributed by atoms with Crippen LogP contribution in [0.1, 0.15) is 57.8 Å². The van der Waals surface area contributed by atoms with Crippen molar-refractivity contribution in [2.45, 2.75) is 63.3 Å². The van der Waals surface area contributed by atoms with Gasteiger partial charge >= 0.3 is 0 Å². The van der Waals surface area contributed by atoms with E-state index in [1.807, 2.05) is 0 Å². The molecule has 1 atom stereocenters. The van der Waals surface area contributed by atoms with Crippen LogP contribution < -0.4 is 4.90 Å². The number of rotatable bonds is 3. The summed E-state index contributed by atoms with van der Waals surface area (Å²) in [5.74, 6) is 0.695. The second kappa shape index (κ2) is 6.42. The molecule has 5 rings (SSSR count). The van der Waals surface area contributed by atoms with Gasteiger partial charge in [0, 0.05) is 30.3 Å². The molecule has 3 nitrogen and oxygen atoms in total. The maximum atomic E-state index is 5.21. The van der Waals surface area contributed by atoms with Gasteiger partial charge in [0.15, 0.2) is 0 Å². The van der Waals surface area contributed by atoms with Gasteiger partial charge in [-0.05, 0) is 70.2 Å². The van der Waals surface area contributed by atoms with Gasteiger partial charge in [0.25, 0.3) is 0 Å². The van der Waals surface area contributed by atoms with E-state index in [9.17, 15) is 0 Å². The van der Waals surface area contributed by atoms with Gasteiger partial charge in [0.05, 0.1) is 11.4 Å². The fourth-order valence-corrected chi connectivity index (χ4v) is 6.11. The molecule has 25 heavy (non-hydrogen) atoms. The van der Waals surface area contributed by atoms with Crippen LogP contribution in [-0.2, 0) is 0 Å². The van der Waals surface area contributed by atoms with Crippen LogP contribution in [0, 0.1) is 5.92 Å². The molecule has 0 radical (unpaired) electrons. The number of hydrogen-bond donors (Lipinski definition) is 0. The number of aliphatic imine (C=N–C) groups is 1. The van der Waals surface area contributed by atoms with E-state index in [4.69, 9.17) is 4.99 Å². The molecule has 0 N–H and O–H groups in total. The fourth-order valence-electron chi connectivity index (χ4n) is 6.11. The third-order valence-electron chi connectivity index (χ3n) is 7.26. The van der Waals surface area contributed by atoms with E-state index in [2.05, 4.69) is 34.1 Å². The summed E-state index contributed by atoms with van der Waals surface area (Å²) in [5.41, 5.74) is 4.50. The quantitative estimate of drug-likeness (QED) is 0.790. The van der Waals surface area contributed by atoms with Gasteiger partial charge in [-0.1, -0.05) is 25.0 Å². The molecular weight excluding hydrogens is 306 g/mol.